The molecule has 9 heteroatoms. The van der Waals surface area contributed by atoms with Gasteiger partial charge in [-0.3, -0.25) is 0 Å². The van der Waals surface area contributed by atoms with Gasteiger partial charge in [-0.2, -0.15) is 26.3 Å². The number of rotatable bonds is 1. The number of hydrogen-bond donors (Lipinski definition) is 2. The molecular weight excluding hydrogens is 304 g/mol. The quantitative estimate of drug-likeness (QED) is 0.628. The predicted octanol–water partition coefficient (Wildman–Crippen LogP) is 3.26. The monoisotopic (exact) mass is 311 g/mol. The molecule has 0 aliphatic rings. The lowest BCUT2D eigenvalue weighted by Gasteiger charge is -2.14. The first kappa shape index (κ1) is 15.5. The molecule has 2 rings (SSSR count). The van der Waals surface area contributed by atoms with Crippen LogP contribution < -0.4 is 0 Å². The molecule has 2 aromatic rings. The number of aliphatic hydroxyl groups excluding tert-OH is 1. The van der Waals surface area contributed by atoms with Gasteiger partial charge in [0.15, 0.2) is 6.29 Å². The molecule has 114 valence electrons. The molecule has 1 heterocycles. The summed E-state index contributed by atoms with van der Waals surface area (Å²) in [6, 6.07) is 2.16. The predicted molar refractivity (Wildman–Crippen MR) is 58.9 cm³/mol. The van der Waals surface area contributed by atoms with Crippen LogP contribution in [0.5, 0.6) is 0 Å². The summed E-state index contributed by atoms with van der Waals surface area (Å²) in [5, 5.41) is 17.8. The molecule has 0 saturated carbocycles. The number of halogens is 6. The van der Waals surface area contributed by atoms with Crippen LogP contribution in [-0.2, 0) is 12.4 Å². The first-order chi connectivity index (χ1) is 9.50. The molecule has 0 amide bonds. The molecule has 0 saturated heterocycles. The molecule has 2 N–H and O–H groups in total. The Morgan fingerprint density at radius 2 is 1.52 bits per heavy atom. The zero-order chi connectivity index (χ0) is 16.0. The van der Waals surface area contributed by atoms with Crippen molar-refractivity contribution in [2.45, 2.75) is 18.6 Å². The third-order valence-corrected chi connectivity index (χ3v) is 2.74. The number of nitrogens with zero attached hydrogens (tertiary/aromatic N) is 1. The summed E-state index contributed by atoms with van der Waals surface area (Å²) in [6.45, 7) is 0. The average molecular weight is 311 g/mol. The molecule has 0 unspecified atom stereocenters. The van der Waals surface area contributed by atoms with E-state index in [0.717, 1.165) is 6.07 Å². The molecule has 1 aromatic heterocycles. The van der Waals surface area contributed by atoms with Crippen LogP contribution in [0, 0.1) is 0 Å². The summed E-state index contributed by atoms with van der Waals surface area (Å²) in [6.07, 6.45) is -11.9. The lowest BCUT2D eigenvalue weighted by Crippen LogP contribution is -2.11. The summed E-state index contributed by atoms with van der Waals surface area (Å²) in [4.78, 5) is 3.20. The van der Waals surface area contributed by atoms with Crippen LogP contribution >= 0.6 is 0 Å². The maximum absolute atomic E-state index is 12.6. The van der Waals surface area contributed by atoms with E-state index in [-0.39, 0.29) is 0 Å². The Morgan fingerprint density at radius 1 is 0.905 bits per heavy atom. The second-order valence-electron chi connectivity index (χ2n) is 4.20. The van der Waals surface area contributed by atoms with Crippen molar-refractivity contribution in [3.63, 3.8) is 0 Å². The minimum Gasteiger partial charge on any atom is -0.364 e. The highest BCUT2D eigenvalue weighted by molar-refractivity contribution is 5.83. The van der Waals surface area contributed by atoms with Crippen molar-refractivity contribution in [2.75, 3.05) is 0 Å². The van der Waals surface area contributed by atoms with Gasteiger partial charge in [-0.25, -0.2) is 4.98 Å². The van der Waals surface area contributed by atoms with Crippen LogP contribution in [0.25, 0.3) is 10.9 Å². The summed E-state index contributed by atoms with van der Waals surface area (Å²) >= 11 is 0. The van der Waals surface area contributed by atoms with Gasteiger partial charge in [-0.05, 0) is 24.3 Å². The van der Waals surface area contributed by atoms with E-state index in [2.05, 4.69) is 4.98 Å². The van der Waals surface area contributed by atoms with E-state index < -0.39 is 46.4 Å². The Kier molecular flexibility index (Phi) is 3.58. The van der Waals surface area contributed by atoms with Crippen molar-refractivity contribution in [1.29, 1.82) is 0 Å². The maximum atomic E-state index is 12.6. The number of benzene rings is 1. The fraction of sp³-hybridized carbons (Fsp3) is 0.250. The van der Waals surface area contributed by atoms with Crippen LogP contribution in [0.4, 0.5) is 26.3 Å². The van der Waals surface area contributed by atoms with Crippen LogP contribution in [0.2, 0.25) is 0 Å². The fourth-order valence-electron chi connectivity index (χ4n) is 1.79. The first-order valence-electron chi connectivity index (χ1n) is 5.45. The number of fused-ring (bicyclic) bond motifs is 1. The van der Waals surface area contributed by atoms with E-state index in [4.69, 9.17) is 10.2 Å². The van der Waals surface area contributed by atoms with E-state index in [1.807, 2.05) is 0 Å². The van der Waals surface area contributed by atoms with Gasteiger partial charge in [0, 0.05) is 10.9 Å². The van der Waals surface area contributed by atoms with Crippen molar-refractivity contribution in [2.24, 2.45) is 0 Å². The Hall–Kier alpha value is -1.87. The molecule has 0 bridgehead atoms. The standard InChI is InChI=1S/C12H7F6NO2/c13-11(14,15)5-1-2-8-6(3-5)7(10(20)21)4-9(19-8)12(16,17)18/h1-4,10,20-21H. The topological polar surface area (TPSA) is 53.4 Å². The minimum atomic E-state index is -4.86. The SMILES string of the molecule is OC(O)c1cc(C(F)(F)F)nc2ccc(C(F)(F)F)cc12. The van der Waals surface area contributed by atoms with E-state index >= 15 is 0 Å². The lowest BCUT2D eigenvalue weighted by molar-refractivity contribution is -0.141. The Bertz CT molecular complexity index is 678. The van der Waals surface area contributed by atoms with Crippen LogP contribution in [0.1, 0.15) is 23.1 Å². The maximum Gasteiger partial charge on any atom is 0.433 e. The number of alkyl halides is 6. The van der Waals surface area contributed by atoms with Crippen molar-refractivity contribution in [1.82, 2.24) is 4.98 Å². The smallest absolute Gasteiger partial charge is 0.364 e. The van der Waals surface area contributed by atoms with Crippen molar-refractivity contribution in [3.05, 3.63) is 41.1 Å². The van der Waals surface area contributed by atoms with Gasteiger partial charge in [0.2, 0.25) is 0 Å². The normalized spacial score (nSPS) is 13.2. The summed E-state index contributed by atoms with van der Waals surface area (Å²) in [5.41, 5.74) is -3.66. The Labute approximate surface area is 113 Å². The number of aromatic nitrogens is 1. The van der Waals surface area contributed by atoms with Crippen LogP contribution in [0.15, 0.2) is 24.3 Å². The van der Waals surface area contributed by atoms with Crippen molar-refractivity contribution in [3.8, 4) is 0 Å². The summed E-state index contributed by atoms with van der Waals surface area (Å²) in [7, 11) is 0. The molecule has 1 aromatic carbocycles. The molecule has 3 nitrogen and oxygen atoms in total. The minimum absolute atomic E-state index is 0.313. The Balaban J connectivity index is 2.77. The van der Waals surface area contributed by atoms with Crippen molar-refractivity contribution >= 4 is 10.9 Å². The zero-order valence-electron chi connectivity index (χ0n) is 10.00. The largest absolute Gasteiger partial charge is 0.433 e. The van der Waals surface area contributed by atoms with E-state index in [9.17, 15) is 26.3 Å². The number of pyridine rings is 1. The van der Waals surface area contributed by atoms with Gasteiger partial charge in [-0.1, -0.05) is 0 Å². The highest BCUT2D eigenvalue weighted by atomic mass is 19.4. The molecule has 0 spiro atoms. The molecule has 0 atom stereocenters. The zero-order valence-corrected chi connectivity index (χ0v) is 10.00. The van der Waals surface area contributed by atoms with Gasteiger partial charge in [-0.15, -0.1) is 0 Å². The number of aliphatic hydroxyl groups is 2. The third-order valence-electron chi connectivity index (χ3n) is 2.74. The number of hydrogen-bond acceptors (Lipinski definition) is 3. The van der Waals surface area contributed by atoms with Crippen LogP contribution in [-0.4, -0.2) is 15.2 Å². The second kappa shape index (κ2) is 4.85. The van der Waals surface area contributed by atoms with Gasteiger partial charge in [0.1, 0.15) is 5.69 Å². The third kappa shape index (κ3) is 3.08. The highest BCUT2D eigenvalue weighted by Crippen LogP contribution is 2.36. The van der Waals surface area contributed by atoms with Gasteiger partial charge in [0.05, 0.1) is 11.1 Å². The van der Waals surface area contributed by atoms with Gasteiger partial charge < -0.3 is 10.2 Å². The Morgan fingerprint density at radius 3 is 2.00 bits per heavy atom. The molecule has 0 aliphatic carbocycles. The molecule has 21 heavy (non-hydrogen) atoms. The first-order valence-corrected chi connectivity index (χ1v) is 5.45. The second-order valence-corrected chi connectivity index (χ2v) is 4.20. The molecular formula is C12H7F6NO2. The fourth-order valence-corrected chi connectivity index (χ4v) is 1.79. The summed E-state index contributed by atoms with van der Waals surface area (Å²) in [5.74, 6) is 0. The highest BCUT2D eigenvalue weighted by Gasteiger charge is 2.35. The average Bonchev–Trinajstić information content (AvgIpc) is 2.34. The molecule has 0 aliphatic heterocycles. The van der Waals surface area contributed by atoms with E-state index in [0.29, 0.717) is 18.2 Å². The van der Waals surface area contributed by atoms with Gasteiger partial charge in [0.25, 0.3) is 0 Å². The lowest BCUT2D eigenvalue weighted by atomic mass is 10.0. The van der Waals surface area contributed by atoms with Crippen LogP contribution in [0.3, 0.4) is 0 Å². The van der Waals surface area contributed by atoms with E-state index in [1.165, 1.54) is 0 Å². The van der Waals surface area contributed by atoms with E-state index in [1.54, 1.807) is 0 Å². The van der Waals surface area contributed by atoms with Gasteiger partial charge >= 0.3 is 12.4 Å². The van der Waals surface area contributed by atoms with Crippen molar-refractivity contribution < 1.29 is 36.6 Å². The molecule has 0 fully saturated rings. The molecule has 0 radical (unpaired) electrons. The summed E-state index contributed by atoms with van der Waals surface area (Å²) < 4.78 is 75.6.